The highest BCUT2D eigenvalue weighted by atomic mass is 16.1. The molecule has 0 saturated carbocycles. The van der Waals surface area contributed by atoms with Gasteiger partial charge >= 0.3 is 0 Å². The minimum absolute atomic E-state index is 0.170. The van der Waals surface area contributed by atoms with Crippen LogP contribution in [0, 0.1) is 0 Å². The molecule has 0 aromatic heterocycles. The summed E-state index contributed by atoms with van der Waals surface area (Å²) < 4.78 is 0. The standard InChI is InChI=1S/C11H23N3O/c1-10(2)12-11(15)4-5-14-8-6-13(3)7-9-14/h10H,4-9H2,1-3H3,(H,12,15). The molecule has 0 bridgehead atoms. The molecule has 0 aromatic carbocycles. The SMILES string of the molecule is CC(C)NC(=O)CCN1CCN(C)CC1. The van der Waals surface area contributed by atoms with Crippen LogP contribution in [-0.2, 0) is 4.79 Å². The van der Waals surface area contributed by atoms with Gasteiger partial charge in [-0.15, -0.1) is 0 Å². The van der Waals surface area contributed by atoms with Crippen molar-refractivity contribution in [1.82, 2.24) is 15.1 Å². The minimum atomic E-state index is 0.170. The normalized spacial score (nSPS) is 19.5. The molecule has 0 atom stereocenters. The third-order valence-corrected chi connectivity index (χ3v) is 2.70. The lowest BCUT2D eigenvalue weighted by Gasteiger charge is -2.32. The number of piperazine rings is 1. The number of carbonyl (C=O) groups is 1. The summed E-state index contributed by atoms with van der Waals surface area (Å²) in [7, 11) is 2.14. The molecule has 0 spiro atoms. The topological polar surface area (TPSA) is 35.6 Å². The third kappa shape index (κ3) is 5.14. The number of nitrogens with zero attached hydrogens (tertiary/aromatic N) is 2. The maximum atomic E-state index is 11.4. The molecule has 1 aliphatic rings. The molecule has 1 saturated heterocycles. The number of nitrogens with one attached hydrogen (secondary N) is 1. The number of carbonyl (C=O) groups excluding carboxylic acids is 1. The van der Waals surface area contributed by atoms with Gasteiger partial charge in [0.2, 0.25) is 5.91 Å². The van der Waals surface area contributed by atoms with Gasteiger partial charge in [0.1, 0.15) is 0 Å². The molecule has 1 rings (SSSR count). The Morgan fingerprint density at radius 3 is 2.40 bits per heavy atom. The quantitative estimate of drug-likeness (QED) is 0.722. The molecular weight excluding hydrogens is 190 g/mol. The van der Waals surface area contributed by atoms with Gasteiger partial charge in [0, 0.05) is 45.2 Å². The first-order valence-electron chi connectivity index (χ1n) is 5.78. The van der Waals surface area contributed by atoms with E-state index in [9.17, 15) is 4.79 Å². The predicted molar refractivity (Wildman–Crippen MR) is 61.8 cm³/mol. The molecule has 0 radical (unpaired) electrons. The maximum absolute atomic E-state index is 11.4. The van der Waals surface area contributed by atoms with Crippen LogP contribution in [0.25, 0.3) is 0 Å². The van der Waals surface area contributed by atoms with Crippen molar-refractivity contribution < 1.29 is 4.79 Å². The summed E-state index contributed by atoms with van der Waals surface area (Å²) in [6.07, 6.45) is 0.627. The zero-order valence-corrected chi connectivity index (χ0v) is 10.1. The lowest BCUT2D eigenvalue weighted by molar-refractivity contribution is -0.122. The van der Waals surface area contributed by atoms with E-state index in [4.69, 9.17) is 0 Å². The molecule has 15 heavy (non-hydrogen) atoms. The second kappa shape index (κ2) is 6.08. The molecule has 1 aliphatic heterocycles. The van der Waals surface area contributed by atoms with Gasteiger partial charge in [-0.25, -0.2) is 0 Å². The monoisotopic (exact) mass is 213 g/mol. The van der Waals surface area contributed by atoms with Crippen molar-refractivity contribution in [3.8, 4) is 0 Å². The minimum Gasteiger partial charge on any atom is -0.354 e. The highest BCUT2D eigenvalue weighted by molar-refractivity contribution is 5.76. The Morgan fingerprint density at radius 1 is 1.27 bits per heavy atom. The average Bonchev–Trinajstić information content (AvgIpc) is 2.16. The lowest BCUT2D eigenvalue weighted by Crippen LogP contribution is -2.45. The Hall–Kier alpha value is -0.610. The van der Waals surface area contributed by atoms with Gasteiger partial charge < -0.3 is 15.1 Å². The Balaban J connectivity index is 2.12. The van der Waals surface area contributed by atoms with Gasteiger partial charge in [-0.1, -0.05) is 0 Å². The fourth-order valence-corrected chi connectivity index (χ4v) is 1.73. The maximum Gasteiger partial charge on any atom is 0.221 e. The first-order valence-corrected chi connectivity index (χ1v) is 5.78. The number of hydrogen-bond acceptors (Lipinski definition) is 3. The molecule has 1 amide bonds. The first kappa shape index (κ1) is 12.5. The van der Waals surface area contributed by atoms with Crippen LogP contribution < -0.4 is 5.32 Å². The van der Waals surface area contributed by atoms with Gasteiger partial charge in [-0.2, -0.15) is 0 Å². The highest BCUT2D eigenvalue weighted by Gasteiger charge is 2.14. The molecule has 0 aliphatic carbocycles. The second-order valence-corrected chi connectivity index (χ2v) is 4.62. The van der Waals surface area contributed by atoms with E-state index >= 15 is 0 Å². The van der Waals surface area contributed by atoms with E-state index < -0.39 is 0 Å². The molecule has 1 heterocycles. The van der Waals surface area contributed by atoms with Gasteiger partial charge in [0.05, 0.1) is 0 Å². The zero-order chi connectivity index (χ0) is 11.3. The van der Waals surface area contributed by atoms with E-state index in [0.717, 1.165) is 32.7 Å². The molecule has 0 unspecified atom stereocenters. The van der Waals surface area contributed by atoms with E-state index in [-0.39, 0.29) is 11.9 Å². The van der Waals surface area contributed by atoms with Crippen LogP contribution >= 0.6 is 0 Å². The van der Waals surface area contributed by atoms with E-state index in [0.29, 0.717) is 6.42 Å². The summed E-state index contributed by atoms with van der Waals surface area (Å²) >= 11 is 0. The Bertz CT molecular complexity index is 198. The van der Waals surface area contributed by atoms with Crippen LogP contribution in [-0.4, -0.2) is 61.5 Å². The lowest BCUT2D eigenvalue weighted by atomic mass is 10.3. The summed E-state index contributed by atoms with van der Waals surface area (Å²) in [6.45, 7) is 9.29. The van der Waals surface area contributed by atoms with Crippen LogP contribution in [0.5, 0.6) is 0 Å². The van der Waals surface area contributed by atoms with E-state index in [2.05, 4.69) is 22.2 Å². The molecular formula is C11H23N3O. The summed E-state index contributed by atoms with van der Waals surface area (Å²) in [5, 5.41) is 2.92. The first-order chi connectivity index (χ1) is 7.08. The van der Waals surface area contributed by atoms with Gasteiger partial charge in [0.15, 0.2) is 0 Å². The predicted octanol–water partition coefficient (Wildman–Crippen LogP) is 0.149. The molecule has 4 nitrogen and oxygen atoms in total. The Kier molecular flexibility index (Phi) is 5.05. The third-order valence-electron chi connectivity index (χ3n) is 2.70. The van der Waals surface area contributed by atoms with Gasteiger partial charge in [0.25, 0.3) is 0 Å². The number of likely N-dealkylation sites (N-methyl/N-ethyl adjacent to an activating group) is 1. The van der Waals surface area contributed by atoms with E-state index in [1.165, 1.54) is 0 Å². The van der Waals surface area contributed by atoms with Crippen LogP contribution in [0.4, 0.5) is 0 Å². The highest BCUT2D eigenvalue weighted by Crippen LogP contribution is 1.99. The van der Waals surface area contributed by atoms with Gasteiger partial charge in [-0.3, -0.25) is 4.79 Å². The van der Waals surface area contributed by atoms with Crippen LogP contribution in [0.3, 0.4) is 0 Å². The van der Waals surface area contributed by atoms with Crippen molar-refractivity contribution >= 4 is 5.91 Å². The molecule has 1 N–H and O–H groups in total. The summed E-state index contributed by atoms with van der Waals surface area (Å²) in [6, 6.07) is 0.255. The average molecular weight is 213 g/mol. The van der Waals surface area contributed by atoms with Crippen LogP contribution in [0.2, 0.25) is 0 Å². The van der Waals surface area contributed by atoms with Crippen molar-refractivity contribution in [3.63, 3.8) is 0 Å². The van der Waals surface area contributed by atoms with Crippen molar-refractivity contribution in [2.75, 3.05) is 39.8 Å². The van der Waals surface area contributed by atoms with E-state index in [1.807, 2.05) is 13.8 Å². The largest absolute Gasteiger partial charge is 0.354 e. The van der Waals surface area contributed by atoms with Crippen LogP contribution in [0.15, 0.2) is 0 Å². The molecule has 0 aromatic rings. The fourth-order valence-electron chi connectivity index (χ4n) is 1.73. The van der Waals surface area contributed by atoms with Crippen LogP contribution in [0.1, 0.15) is 20.3 Å². The number of amides is 1. The fraction of sp³-hybridized carbons (Fsp3) is 0.909. The van der Waals surface area contributed by atoms with Crippen molar-refractivity contribution in [3.05, 3.63) is 0 Å². The summed E-state index contributed by atoms with van der Waals surface area (Å²) in [5.41, 5.74) is 0. The Morgan fingerprint density at radius 2 is 1.87 bits per heavy atom. The van der Waals surface area contributed by atoms with Crippen molar-refractivity contribution in [2.24, 2.45) is 0 Å². The molecule has 88 valence electrons. The zero-order valence-electron chi connectivity index (χ0n) is 10.1. The summed E-state index contributed by atoms with van der Waals surface area (Å²) in [5.74, 6) is 0.170. The number of hydrogen-bond donors (Lipinski definition) is 1. The van der Waals surface area contributed by atoms with Crippen molar-refractivity contribution in [1.29, 1.82) is 0 Å². The van der Waals surface area contributed by atoms with Gasteiger partial charge in [-0.05, 0) is 20.9 Å². The Labute approximate surface area is 92.6 Å². The second-order valence-electron chi connectivity index (χ2n) is 4.62. The van der Waals surface area contributed by atoms with Crippen molar-refractivity contribution in [2.45, 2.75) is 26.3 Å². The van der Waals surface area contributed by atoms with E-state index in [1.54, 1.807) is 0 Å². The molecule has 4 heteroatoms. The molecule has 1 fully saturated rings. The summed E-state index contributed by atoms with van der Waals surface area (Å²) in [4.78, 5) is 16.1. The smallest absolute Gasteiger partial charge is 0.221 e. The number of rotatable bonds is 4.